The van der Waals surface area contributed by atoms with Crippen LogP contribution in [0, 0.1) is 16.7 Å². The number of sulfonamides is 1. The summed E-state index contributed by atoms with van der Waals surface area (Å²) in [5.41, 5.74) is 7.44. The minimum Gasteiger partial charge on any atom is -0.490 e. The summed E-state index contributed by atoms with van der Waals surface area (Å²) in [5.74, 6) is -8.44. The van der Waals surface area contributed by atoms with Crippen LogP contribution in [-0.2, 0) is 104 Å². The molecule has 708 valence electrons. The molecule has 1 aromatic heterocycles. The number of carbonyl (C=O) groups excluding carboxylic acids is 12. The van der Waals surface area contributed by atoms with Crippen LogP contribution in [0.2, 0.25) is 0 Å². The summed E-state index contributed by atoms with van der Waals surface area (Å²) in [6.45, 7) is 22.7. The summed E-state index contributed by atoms with van der Waals surface area (Å²) >= 11 is 0. The first-order chi connectivity index (χ1) is 62.1. The first kappa shape index (κ1) is 101. The summed E-state index contributed by atoms with van der Waals surface area (Å²) in [7, 11) is -0.512. The monoisotopic (exact) mass is 1840 g/mol. The fourth-order valence-corrected chi connectivity index (χ4v) is 16.7. The van der Waals surface area contributed by atoms with Gasteiger partial charge in [0.05, 0.1) is 25.1 Å². The smallest absolute Gasteiger partial charge is 0.410 e. The van der Waals surface area contributed by atoms with E-state index < -0.39 is 182 Å². The Morgan fingerprint density at radius 3 is 1.53 bits per heavy atom. The number of esters is 1. The van der Waals surface area contributed by atoms with E-state index in [0.717, 1.165) is 31.3 Å². The molecule has 36 nitrogen and oxygen atoms in total. The number of hydrogen-bond donors (Lipinski definition) is 7. The summed E-state index contributed by atoms with van der Waals surface area (Å²) < 4.78 is 59.8. The number of aromatic nitrogens is 3. The van der Waals surface area contributed by atoms with E-state index in [1.165, 1.54) is 49.5 Å². The van der Waals surface area contributed by atoms with Crippen molar-refractivity contribution in [3.8, 4) is 11.5 Å². The quantitative estimate of drug-likeness (QED) is 0.00755. The Bertz CT molecular complexity index is 5560. The molecule has 7 heterocycles. The van der Waals surface area contributed by atoms with Crippen LogP contribution in [-0.4, -0.2) is 239 Å². The van der Waals surface area contributed by atoms with Crippen LogP contribution in [0.4, 0.5) is 9.59 Å². The molecule has 2 fully saturated rings. The molecule has 0 radical (unpaired) electrons. The molecule has 13 rings (SSSR count). The van der Waals surface area contributed by atoms with E-state index in [-0.39, 0.29) is 89.9 Å². The molecule has 0 unspecified atom stereocenters. The second-order valence-corrected chi connectivity index (χ2v) is 39.8. The largest absolute Gasteiger partial charge is 0.490 e. The van der Waals surface area contributed by atoms with Crippen molar-refractivity contribution in [1.82, 2.24) is 71.2 Å². The van der Waals surface area contributed by atoms with E-state index in [4.69, 9.17) is 29.2 Å². The lowest BCUT2D eigenvalue weighted by atomic mass is 9.85. The van der Waals surface area contributed by atoms with Crippen LogP contribution in [0.15, 0.2) is 157 Å². The number of amides is 11. The van der Waals surface area contributed by atoms with Gasteiger partial charge in [-0.15, -0.1) is 5.10 Å². The normalized spacial score (nSPS) is 20.5. The minimum atomic E-state index is -4.47. The molecular formula is C95H123N17O19S. The number of methoxy groups -OCH3 is 1. The molecule has 7 N–H and O–H groups in total. The van der Waals surface area contributed by atoms with E-state index in [2.05, 4.69) is 57.0 Å². The Morgan fingerprint density at radius 1 is 0.591 bits per heavy atom. The maximum absolute atomic E-state index is 15.8. The van der Waals surface area contributed by atoms with Gasteiger partial charge in [0.1, 0.15) is 102 Å². The molecule has 6 aliphatic heterocycles. The van der Waals surface area contributed by atoms with Gasteiger partial charge in [-0.2, -0.15) is 0 Å². The van der Waals surface area contributed by atoms with Crippen molar-refractivity contribution < 1.29 is 89.6 Å². The third-order valence-electron chi connectivity index (χ3n) is 23.1. The highest BCUT2D eigenvalue weighted by Crippen LogP contribution is 2.35. The van der Waals surface area contributed by atoms with Crippen molar-refractivity contribution in [2.45, 2.75) is 233 Å². The van der Waals surface area contributed by atoms with E-state index >= 15 is 28.8 Å². The lowest BCUT2D eigenvalue weighted by Gasteiger charge is -2.37. The van der Waals surface area contributed by atoms with Gasteiger partial charge in [-0.1, -0.05) is 173 Å². The first-order valence-electron chi connectivity index (χ1n) is 44.1. The first-order valence-corrected chi connectivity index (χ1v) is 45.7. The van der Waals surface area contributed by atoms with Crippen LogP contribution < -0.4 is 46.1 Å². The number of carbonyl (C=O) groups is 12. The van der Waals surface area contributed by atoms with Gasteiger partial charge < -0.3 is 65.4 Å². The highest BCUT2D eigenvalue weighted by atomic mass is 32.2. The van der Waals surface area contributed by atoms with Crippen LogP contribution in [0.25, 0.3) is 32.0 Å². The number of nitrogens with one attached hydrogen (secondary N) is 7. The van der Waals surface area contributed by atoms with Crippen molar-refractivity contribution >= 4 is 103 Å². The fourth-order valence-electron chi connectivity index (χ4n) is 15.6. The average molecular weight is 1840 g/mol. The van der Waals surface area contributed by atoms with Gasteiger partial charge in [0.15, 0.2) is 0 Å². The molecule has 0 saturated carbocycles. The standard InChI is InChI=1S/C95H123N17O19S/c1-57(108(15)90(123)130-94(9,10)11)80(113)102-78(92(3,4)5)87(120)110-53-63-25-22-23-43-128-70-38-32-59(33-39-70)47-74(84(117)105-132(125,126)44-24-42-97-106-96)98-82(115)72(49-61-30-36-64-26-18-20-28-66(64)45-61)100-86(119)77-52-69(55-111(77)88(121)79(93(6,7)8)103-81(114)58(2)109(16)91(124)131-95(12,13)14)112-54-68(104-107-112)56-129-71-40-34-60(35-41-71)48-75(89(122)127-17)101-83(116)73(99-85(118)76(110)51-63)50-62-31-37-65-27-19-21-29-67(65)46-62/h18-23,26-41,45-46,54,57-58,63,69,72-79H,24-25,42-44,47-53,55-56H2,1-17H3,(H,98,115)(H,99,118)(H,100,119)(H,101,116)(H,102,113)(H,103,114)(H,105,117)/b23-22+/t57-,58-,63-,69-,72-,73-,74-,75-,76-,77-,78+,79+/m0/s1. The molecule has 12 atom stereocenters. The Morgan fingerprint density at radius 2 is 1.05 bits per heavy atom. The molecule has 2 saturated heterocycles. The molecule has 6 aliphatic rings. The summed E-state index contributed by atoms with van der Waals surface area (Å²) in [4.78, 5) is 185. The maximum Gasteiger partial charge on any atom is 0.410 e. The lowest BCUT2D eigenvalue weighted by Crippen LogP contribution is -2.61. The highest BCUT2D eigenvalue weighted by molar-refractivity contribution is 7.90. The summed E-state index contributed by atoms with van der Waals surface area (Å²) in [6, 6.07) is 24.5. The van der Waals surface area contributed by atoms with E-state index in [0.29, 0.717) is 33.8 Å². The molecule has 0 aliphatic carbocycles. The number of likely N-dealkylation sites (tertiary alicyclic amines) is 2. The van der Waals surface area contributed by atoms with Crippen molar-refractivity contribution in [2.24, 2.45) is 21.9 Å². The van der Waals surface area contributed by atoms with Gasteiger partial charge in [0.2, 0.25) is 57.3 Å². The van der Waals surface area contributed by atoms with Gasteiger partial charge in [-0.05, 0) is 165 Å². The van der Waals surface area contributed by atoms with Gasteiger partial charge >= 0.3 is 18.2 Å². The average Bonchev–Trinajstić information content (AvgIpc) is 1.63. The minimum absolute atomic E-state index is 0.0108. The number of likely N-dealkylation sites (N-methyl/N-ethyl adjacent to an activating group) is 2. The molecular weight excluding hydrogens is 1720 g/mol. The molecule has 11 amide bonds. The van der Waals surface area contributed by atoms with E-state index in [9.17, 15) is 37.2 Å². The zero-order valence-corrected chi connectivity index (χ0v) is 78.7. The Labute approximate surface area is 769 Å². The maximum atomic E-state index is 15.8. The van der Waals surface area contributed by atoms with Crippen molar-refractivity contribution in [3.05, 3.63) is 190 Å². The molecule has 0 spiro atoms. The number of fused-ring (bicyclic) bond motifs is 2. The Hall–Kier alpha value is -13.2. The zero-order chi connectivity index (χ0) is 96.5. The fraction of sp³-hybridized carbons (Fsp3) is 0.495. The Kier molecular flexibility index (Phi) is 33.4. The number of azide groups is 1. The van der Waals surface area contributed by atoms with Gasteiger partial charge in [-0.3, -0.25) is 57.7 Å². The number of ether oxygens (including phenoxy) is 5. The predicted octanol–water partition coefficient (Wildman–Crippen LogP) is 8.96. The van der Waals surface area contributed by atoms with E-state index in [1.54, 1.807) is 150 Å². The predicted molar refractivity (Wildman–Crippen MR) is 492 cm³/mol. The number of allylic oxidation sites excluding steroid dienone is 1. The van der Waals surface area contributed by atoms with Crippen LogP contribution in [0.3, 0.4) is 0 Å². The van der Waals surface area contributed by atoms with Crippen molar-refractivity contribution in [2.75, 3.05) is 53.2 Å². The molecule has 7 aromatic rings. The van der Waals surface area contributed by atoms with Crippen LogP contribution in [0.5, 0.6) is 11.5 Å². The topological polar surface area (TPSA) is 462 Å². The van der Waals surface area contributed by atoms with Crippen molar-refractivity contribution in [1.29, 1.82) is 0 Å². The molecule has 37 heteroatoms. The summed E-state index contributed by atoms with van der Waals surface area (Å²) in [5, 5.41) is 32.9. The highest BCUT2D eigenvalue weighted by Gasteiger charge is 2.50. The molecule has 132 heavy (non-hydrogen) atoms. The summed E-state index contributed by atoms with van der Waals surface area (Å²) in [6.07, 6.45) is 2.76. The third kappa shape index (κ3) is 27.9. The van der Waals surface area contributed by atoms with Gasteiger partial charge in [-0.25, -0.2) is 27.5 Å². The molecule has 10 bridgehead atoms. The van der Waals surface area contributed by atoms with Crippen LogP contribution in [0.1, 0.15) is 157 Å². The number of benzene rings is 6. The SMILES string of the molecule is COC(=O)[C@@H]1Cc2ccc(cc2)OCc2cn(nn2)[C@H]2C[C@@H](C(=O)N[C@@H](Cc3ccc4ccccc4c3)C(=O)N[C@H](C(=O)NS(=O)(=O)CCCN=[N+]=[N-])Cc3ccc(cc3)OC/C=C/C[C@H]3C[C@@H](C(=O)N[C@@H](Cc4ccc5ccccc5c4)C(=O)N1)N(C(=O)[C@@H](NC(=O)[C@H](C)N(C)C(=O)OC(C)(C)C)C(C)(C)C)C3)N(C(=O)[C@@H](NC(=O)[C@H](C)N(C)C(=O)OC(C)(C)C)C(C)(C)C)C2. The Balaban J connectivity index is 1.02. The van der Waals surface area contributed by atoms with Gasteiger partial charge in [0.25, 0.3) is 5.91 Å². The third-order valence-corrected chi connectivity index (χ3v) is 24.5. The number of nitrogens with zero attached hydrogens (tertiary/aromatic N) is 10. The number of rotatable bonds is 19. The lowest BCUT2D eigenvalue weighted by molar-refractivity contribution is -0.146. The zero-order valence-electron chi connectivity index (χ0n) is 77.9. The second-order valence-electron chi connectivity index (χ2n) is 38.0. The number of hydrogen-bond acceptors (Lipinski definition) is 22. The van der Waals surface area contributed by atoms with Crippen LogP contribution >= 0.6 is 0 Å². The van der Waals surface area contributed by atoms with Crippen molar-refractivity contribution in [3.63, 3.8) is 0 Å². The molecule has 6 aromatic carbocycles. The van der Waals surface area contributed by atoms with Gasteiger partial charge in [0, 0.05) is 70.7 Å². The second kappa shape index (κ2) is 43.7. The van der Waals surface area contributed by atoms with E-state index in [1.807, 2.05) is 84.9 Å².